The van der Waals surface area contributed by atoms with Gasteiger partial charge in [0.25, 0.3) is 5.92 Å². The number of hydrogen-bond acceptors (Lipinski definition) is 8. The molecule has 0 bridgehead atoms. The van der Waals surface area contributed by atoms with Gasteiger partial charge in [-0.05, 0) is 24.6 Å². The van der Waals surface area contributed by atoms with Crippen molar-refractivity contribution < 1.29 is 27.1 Å². The first kappa shape index (κ1) is 32.4. The number of ether oxygens (including phenoxy) is 1. The molecule has 14 heteroatoms. The van der Waals surface area contributed by atoms with Crippen LogP contribution in [0.3, 0.4) is 0 Å². The summed E-state index contributed by atoms with van der Waals surface area (Å²) in [7, 11) is 1.58. The van der Waals surface area contributed by atoms with E-state index in [9.17, 15) is 23.2 Å². The number of alkyl halides is 3. The van der Waals surface area contributed by atoms with Crippen molar-refractivity contribution in [2.45, 2.75) is 30.8 Å². The molecule has 2 aromatic carbocycles. The van der Waals surface area contributed by atoms with Gasteiger partial charge in [0, 0.05) is 60.3 Å². The molecular weight excluding hydrogens is 638 g/mol. The second kappa shape index (κ2) is 13.3. The van der Waals surface area contributed by atoms with Crippen molar-refractivity contribution in [3.63, 3.8) is 0 Å². The van der Waals surface area contributed by atoms with E-state index in [0.29, 0.717) is 16.0 Å². The quantitative estimate of drug-likeness (QED) is 0.172. The molecular formula is C33H30ClF4N7O2. The molecule has 2 aliphatic heterocycles. The number of nitriles is 1. The number of carbonyl (C=O) groups is 1. The average Bonchev–Trinajstić information content (AvgIpc) is 3.33. The number of piperazine rings is 1. The van der Waals surface area contributed by atoms with E-state index in [1.165, 1.54) is 16.0 Å². The van der Waals surface area contributed by atoms with Gasteiger partial charge in [0.2, 0.25) is 5.91 Å². The van der Waals surface area contributed by atoms with Crippen molar-refractivity contribution in [3.8, 4) is 23.3 Å². The second-order valence-corrected chi connectivity index (χ2v) is 12.1. The number of anilines is 1. The Labute approximate surface area is 273 Å². The van der Waals surface area contributed by atoms with Crippen LogP contribution in [0.25, 0.3) is 32.9 Å². The number of benzene rings is 2. The molecule has 9 nitrogen and oxygen atoms in total. The first-order valence-corrected chi connectivity index (χ1v) is 15.4. The molecule has 2 atom stereocenters. The number of fused-ring (bicyclic) bond motifs is 2. The molecule has 4 aromatic rings. The number of rotatable bonds is 8. The molecule has 2 unspecified atom stereocenters. The Morgan fingerprint density at radius 2 is 1.98 bits per heavy atom. The van der Waals surface area contributed by atoms with Crippen LogP contribution >= 0.6 is 11.6 Å². The van der Waals surface area contributed by atoms with Gasteiger partial charge in [-0.15, -0.1) is 0 Å². The molecule has 2 aromatic heterocycles. The maximum Gasteiger partial charge on any atom is 0.319 e. The molecule has 0 saturated carbocycles. The van der Waals surface area contributed by atoms with E-state index in [1.54, 1.807) is 36.2 Å². The van der Waals surface area contributed by atoms with E-state index in [2.05, 4.69) is 21.0 Å². The zero-order chi connectivity index (χ0) is 33.3. The number of allylic oxidation sites excluding steroid dienone is 1. The number of pyridine rings is 1. The number of aromatic nitrogens is 3. The number of likely N-dealkylation sites (N-methyl/N-ethyl adjacent to an activating group) is 1. The summed E-state index contributed by atoms with van der Waals surface area (Å²) in [6.45, 7) is -0.809. The Hall–Kier alpha value is -4.54. The fourth-order valence-corrected chi connectivity index (χ4v) is 6.57. The predicted molar refractivity (Wildman–Crippen MR) is 170 cm³/mol. The number of amides is 1. The van der Waals surface area contributed by atoms with Gasteiger partial charge in [-0.3, -0.25) is 14.7 Å². The lowest BCUT2D eigenvalue weighted by molar-refractivity contribution is -0.128. The summed E-state index contributed by atoms with van der Waals surface area (Å²) in [6, 6.07) is 11.4. The van der Waals surface area contributed by atoms with Crippen LogP contribution in [0.2, 0.25) is 5.02 Å². The van der Waals surface area contributed by atoms with Crippen molar-refractivity contribution in [1.29, 1.82) is 5.26 Å². The van der Waals surface area contributed by atoms with E-state index in [1.807, 2.05) is 12.1 Å². The molecule has 0 radical (unpaired) electrons. The number of likely N-dealkylation sites (tertiary alicyclic amines) is 1. The van der Waals surface area contributed by atoms with E-state index >= 15 is 4.39 Å². The van der Waals surface area contributed by atoms with Crippen LogP contribution in [0.4, 0.5) is 23.4 Å². The van der Waals surface area contributed by atoms with E-state index in [0.717, 1.165) is 17.5 Å². The van der Waals surface area contributed by atoms with Gasteiger partial charge in [-0.2, -0.15) is 15.2 Å². The molecule has 47 heavy (non-hydrogen) atoms. The van der Waals surface area contributed by atoms with Crippen LogP contribution in [0.1, 0.15) is 12.8 Å². The normalized spacial score (nSPS) is 19.9. The van der Waals surface area contributed by atoms with Gasteiger partial charge in [0.15, 0.2) is 5.82 Å². The fourth-order valence-electron chi connectivity index (χ4n) is 6.28. The monoisotopic (exact) mass is 667 g/mol. The van der Waals surface area contributed by atoms with Gasteiger partial charge >= 0.3 is 6.01 Å². The highest BCUT2D eigenvalue weighted by Gasteiger charge is 2.43. The summed E-state index contributed by atoms with van der Waals surface area (Å²) in [6.07, 6.45) is 3.27. The minimum atomic E-state index is -2.86. The van der Waals surface area contributed by atoms with E-state index in [-0.39, 0.29) is 61.1 Å². The van der Waals surface area contributed by atoms with E-state index < -0.39 is 49.4 Å². The Bertz CT molecular complexity index is 1900. The first-order valence-electron chi connectivity index (χ1n) is 15.0. The van der Waals surface area contributed by atoms with Crippen LogP contribution in [-0.2, 0) is 4.79 Å². The third-order valence-corrected chi connectivity index (χ3v) is 8.85. The van der Waals surface area contributed by atoms with Crippen molar-refractivity contribution in [1.82, 2.24) is 24.8 Å². The summed E-state index contributed by atoms with van der Waals surface area (Å²) < 4.78 is 63.3. The summed E-state index contributed by atoms with van der Waals surface area (Å²) >= 11 is 6.54. The summed E-state index contributed by atoms with van der Waals surface area (Å²) in [5, 5.41) is 11.6. The molecule has 0 spiro atoms. The van der Waals surface area contributed by atoms with Gasteiger partial charge < -0.3 is 14.5 Å². The zero-order valence-corrected chi connectivity index (χ0v) is 26.1. The molecule has 2 fully saturated rings. The van der Waals surface area contributed by atoms with Crippen molar-refractivity contribution in [2.75, 3.05) is 51.4 Å². The fraction of sp³-hybridized carbons (Fsp3) is 0.364. The van der Waals surface area contributed by atoms with Gasteiger partial charge in [-0.25, -0.2) is 17.6 Å². The lowest BCUT2D eigenvalue weighted by Gasteiger charge is -2.41. The lowest BCUT2D eigenvalue weighted by Crippen LogP contribution is -2.55. The number of nitrogens with zero attached hydrogens (tertiary/aromatic N) is 7. The highest BCUT2D eigenvalue weighted by atomic mass is 35.5. The van der Waals surface area contributed by atoms with Crippen molar-refractivity contribution in [2.24, 2.45) is 0 Å². The highest BCUT2D eigenvalue weighted by Crippen LogP contribution is 2.38. The van der Waals surface area contributed by atoms with Crippen LogP contribution in [0.15, 0.2) is 54.7 Å². The summed E-state index contributed by atoms with van der Waals surface area (Å²) in [4.78, 5) is 31.0. The number of hydrogen-bond donors (Lipinski definition) is 0. The zero-order valence-electron chi connectivity index (χ0n) is 25.3. The topological polar surface area (TPSA) is 98.5 Å². The standard InChI is InChI=1S/C33H30ClF4N7O2/c1-43-19-33(37,38)15-22(43)18-47-32-41-30-24(16-40-29(28(30)36)23-7-2-5-20-6-3-8-25(34)27(20)23)31(42-32)44-13-14-45(21(17-44)10-12-39)26(46)9-4-11-35/h2-9,16,21-22H,10-11,13-15,17-19H2,1H3/b9-4+. The molecule has 244 valence electrons. The Morgan fingerprint density at radius 1 is 1.19 bits per heavy atom. The largest absolute Gasteiger partial charge is 0.462 e. The van der Waals surface area contributed by atoms with Crippen molar-refractivity contribution >= 4 is 45.0 Å². The molecule has 0 N–H and O–H groups in total. The van der Waals surface area contributed by atoms with Crippen molar-refractivity contribution in [3.05, 3.63) is 65.6 Å². The maximum atomic E-state index is 16.6. The first-order chi connectivity index (χ1) is 22.6. The molecule has 2 aliphatic rings. The van der Waals surface area contributed by atoms with E-state index in [4.69, 9.17) is 16.3 Å². The minimum absolute atomic E-state index is 0.000563. The third kappa shape index (κ3) is 6.53. The molecule has 0 aliphatic carbocycles. The smallest absolute Gasteiger partial charge is 0.319 e. The van der Waals surface area contributed by atoms with Crippen LogP contribution in [-0.4, -0.2) is 95.2 Å². The average molecular weight is 668 g/mol. The molecule has 4 heterocycles. The third-order valence-electron chi connectivity index (χ3n) is 8.54. The Kier molecular flexibility index (Phi) is 9.16. The Balaban J connectivity index is 1.43. The van der Waals surface area contributed by atoms with Gasteiger partial charge in [-0.1, -0.05) is 41.9 Å². The van der Waals surface area contributed by atoms with Crippen LogP contribution in [0, 0.1) is 17.1 Å². The maximum absolute atomic E-state index is 16.6. The number of halogens is 5. The van der Waals surface area contributed by atoms with Gasteiger partial charge in [0.1, 0.15) is 30.3 Å². The Morgan fingerprint density at radius 3 is 2.70 bits per heavy atom. The highest BCUT2D eigenvalue weighted by molar-refractivity contribution is 6.36. The number of carbonyl (C=O) groups excluding carboxylic acids is 1. The SMILES string of the molecule is CN1CC(F)(F)CC1COc1nc(N2CCN(C(=O)/C=C/CF)C(CC#N)C2)c2cnc(-c3cccc4cccc(Cl)c34)c(F)c2n1. The molecule has 6 rings (SSSR count). The predicted octanol–water partition coefficient (Wildman–Crippen LogP) is 5.81. The summed E-state index contributed by atoms with van der Waals surface area (Å²) in [5.41, 5.74) is 0.345. The second-order valence-electron chi connectivity index (χ2n) is 11.6. The summed E-state index contributed by atoms with van der Waals surface area (Å²) in [5.74, 6) is -3.80. The van der Waals surface area contributed by atoms with Crippen LogP contribution in [0.5, 0.6) is 6.01 Å². The van der Waals surface area contributed by atoms with Crippen LogP contribution < -0.4 is 9.64 Å². The minimum Gasteiger partial charge on any atom is -0.462 e. The molecule has 1 amide bonds. The van der Waals surface area contributed by atoms with Gasteiger partial charge in [0.05, 0.1) is 30.5 Å². The lowest BCUT2D eigenvalue weighted by atomic mass is 10.0. The molecule has 2 saturated heterocycles.